The number of piperidine rings is 1. The Hall–Kier alpha value is -1.28. The highest BCUT2D eigenvalue weighted by Crippen LogP contribution is 2.45. The highest BCUT2D eigenvalue weighted by Gasteiger charge is 2.38. The van der Waals surface area contributed by atoms with Gasteiger partial charge >= 0.3 is 0 Å². The summed E-state index contributed by atoms with van der Waals surface area (Å²) in [4.78, 5) is 2.78. The molecule has 0 bridgehead atoms. The van der Waals surface area contributed by atoms with Crippen LogP contribution in [0.3, 0.4) is 0 Å². The van der Waals surface area contributed by atoms with Crippen LogP contribution in [0.25, 0.3) is 0 Å². The van der Waals surface area contributed by atoms with E-state index in [0.717, 1.165) is 12.2 Å². The van der Waals surface area contributed by atoms with Crippen molar-refractivity contribution in [2.75, 3.05) is 13.1 Å². The molecule has 1 atom stereocenters. The number of rotatable bonds is 6. The average molecular weight is 426 g/mol. The second kappa shape index (κ2) is 9.69. The molecule has 0 N–H and O–H groups in total. The molecule has 1 spiro atoms. The zero-order valence-electron chi connectivity index (χ0n) is 21.4. The number of hydrogen-bond acceptors (Lipinski definition) is 2. The predicted octanol–water partition coefficient (Wildman–Crippen LogP) is 7.91. The molecular formula is C29H47NO. The molecule has 0 aromatic heterocycles. The summed E-state index contributed by atoms with van der Waals surface area (Å²) in [6.45, 7) is 18.2. The third-order valence-corrected chi connectivity index (χ3v) is 7.55. The Balaban J connectivity index is 1.69. The molecule has 2 fully saturated rings. The molecule has 2 aliphatic rings. The van der Waals surface area contributed by atoms with Crippen LogP contribution in [0.1, 0.15) is 105 Å². The largest absolute Gasteiger partial charge is 0.488 e. The molecule has 1 unspecified atom stereocenters. The minimum atomic E-state index is -0.157. The molecule has 1 aliphatic carbocycles. The second-order valence-corrected chi connectivity index (χ2v) is 12.2. The maximum Gasteiger partial charge on any atom is 0.120 e. The fourth-order valence-corrected chi connectivity index (χ4v) is 5.78. The molecule has 1 saturated heterocycles. The van der Waals surface area contributed by atoms with Gasteiger partial charge in [-0.2, -0.15) is 0 Å². The lowest BCUT2D eigenvalue weighted by molar-refractivity contribution is 0.0490. The molecule has 2 nitrogen and oxygen atoms in total. The fourth-order valence-electron chi connectivity index (χ4n) is 5.78. The summed E-state index contributed by atoms with van der Waals surface area (Å²) >= 11 is 0. The third-order valence-electron chi connectivity index (χ3n) is 7.55. The van der Waals surface area contributed by atoms with E-state index in [0.29, 0.717) is 11.5 Å². The van der Waals surface area contributed by atoms with Crippen molar-refractivity contribution in [1.82, 2.24) is 4.90 Å². The van der Waals surface area contributed by atoms with Crippen LogP contribution in [0.4, 0.5) is 0 Å². The van der Waals surface area contributed by atoms with Crippen LogP contribution in [0.15, 0.2) is 35.9 Å². The molecule has 1 saturated carbocycles. The van der Waals surface area contributed by atoms with Gasteiger partial charge in [0.2, 0.25) is 0 Å². The van der Waals surface area contributed by atoms with Crippen LogP contribution in [-0.4, -0.2) is 29.6 Å². The number of nitrogens with zero attached hydrogens (tertiary/aromatic N) is 1. The lowest BCUT2D eigenvalue weighted by Crippen LogP contribution is -2.47. The lowest BCUT2D eigenvalue weighted by Gasteiger charge is -2.47. The van der Waals surface area contributed by atoms with E-state index in [-0.39, 0.29) is 11.0 Å². The molecule has 1 heterocycles. The van der Waals surface area contributed by atoms with E-state index in [1.807, 2.05) is 0 Å². The summed E-state index contributed by atoms with van der Waals surface area (Å²) in [5, 5.41) is 0. The van der Waals surface area contributed by atoms with Crippen LogP contribution in [0.2, 0.25) is 0 Å². The van der Waals surface area contributed by atoms with Crippen molar-refractivity contribution >= 4 is 0 Å². The molecule has 1 aromatic carbocycles. The van der Waals surface area contributed by atoms with Crippen molar-refractivity contribution in [3.05, 3.63) is 41.5 Å². The molecule has 0 amide bonds. The maximum absolute atomic E-state index is 6.04. The van der Waals surface area contributed by atoms with Gasteiger partial charge in [0.15, 0.2) is 0 Å². The maximum atomic E-state index is 6.04. The Morgan fingerprint density at radius 3 is 2.03 bits per heavy atom. The number of allylic oxidation sites excluding steroid dienone is 1. The smallest absolute Gasteiger partial charge is 0.120 e. The highest BCUT2D eigenvalue weighted by atomic mass is 16.5. The van der Waals surface area contributed by atoms with Crippen molar-refractivity contribution in [3.8, 4) is 5.75 Å². The van der Waals surface area contributed by atoms with Gasteiger partial charge in [-0.25, -0.2) is 0 Å². The van der Waals surface area contributed by atoms with Crippen molar-refractivity contribution in [2.45, 2.75) is 117 Å². The van der Waals surface area contributed by atoms with Crippen LogP contribution >= 0.6 is 0 Å². The monoisotopic (exact) mass is 425 g/mol. The third kappa shape index (κ3) is 6.85. The van der Waals surface area contributed by atoms with E-state index in [1.165, 1.54) is 69.2 Å². The van der Waals surface area contributed by atoms with Crippen LogP contribution in [0.5, 0.6) is 5.75 Å². The minimum absolute atomic E-state index is 0.122. The Labute approximate surface area is 192 Å². The number of benzene rings is 1. The van der Waals surface area contributed by atoms with Crippen molar-refractivity contribution in [3.63, 3.8) is 0 Å². The van der Waals surface area contributed by atoms with E-state index in [2.05, 4.69) is 83.7 Å². The van der Waals surface area contributed by atoms with E-state index in [9.17, 15) is 0 Å². The summed E-state index contributed by atoms with van der Waals surface area (Å²) < 4.78 is 6.04. The molecule has 31 heavy (non-hydrogen) atoms. The van der Waals surface area contributed by atoms with Gasteiger partial charge in [0, 0.05) is 6.04 Å². The summed E-state index contributed by atoms with van der Waals surface area (Å²) in [6, 6.07) is 9.35. The Morgan fingerprint density at radius 2 is 1.52 bits per heavy atom. The van der Waals surface area contributed by atoms with E-state index < -0.39 is 0 Å². The van der Waals surface area contributed by atoms with Gasteiger partial charge in [0.25, 0.3) is 0 Å². The SMILES string of the molecule is CC(C)=CC(CC(C)(C)c1ccc(OC(C)(C)C)cc1)N1CCC2(CCCCC2)CC1. The fraction of sp³-hybridized carbons (Fsp3) is 0.724. The summed E-state index contributed by atoms with van der Waals surface area (Å²) in [5.74, 6) is 0.960. The topological polar surface area (TPSA) is 12.5 Å². The molecule has 174 valence electrons. The minimum Gasteiger partial charge on any atom is -0.488 e. The Morgan fingerprint density at radius 1 is 0.935 bits per heavy atom. The Kier molecular flexibility index (Phi) is 7.62. The van der Waals surface area contributed by atoms with E-state index >= 15 is 0 Å². The van der Waals surface area contributed by atoms with Crippen molar-refractivity contribution in [2.24, 2.45) is 5.41 Å². The highest BCUT2D eigenvalue weighted by molar-refractivity contribution is 5.32. The van der Waals surface area contributed by atoms with Crippen LogP contribution in [0, 0.1) is 5.41 Å². The number of likely N-dealkylation sites (tertiary alicyclic amines) is 1. The lowest BCUT2D eigenvalue weighted by atomic mass is 9.67. The average Bonchev–Trinajstić information content (AvgIpc) is 2.67. The first-order valence-corrected chi connectivity index (χ1v) is 12.7. The molecule has 3 rings (SSSR count). The van der Waals surface area contributed by atoms with Gasteiger partial charge in [-0.3, -0.25) is 4.90 Å². The van der Waals surface area contributed by atoms with E-state index in [4.69, 9.17) is 4.74 Å². The van der Waals surface area contributed by atoms with Crippen LogP contribution in [-0.2, 0) is 5.41 Å². The molecule has 0 radical (unpaired) electrons. The number of hydrogen-bond donors (Lipinski definition) is 0. The predicted molar refractivity (Wildman–Crippen MR) is 134 cm³/mol. The van der Waals surface area contributed by atoms with Gasteiger partial charge in [0.1, 0.15) is 11.4 Å². The zero-order valence-corrected chi connectivity index (χ0v) is 21.4. The molecular weight excluding hydrogens is 378 g/mol. The standard InChI is InChI=1S/C29H47NO/c1-23(2)21-25(30-19-17-29(18-20-30)15-9-8-10-16-29)22-28(6,7)24-11-13-26(14-12-24)31-27(3,4)5/h11-14,21,25H,8-10,15-20,22H2,1-7H3. The van der Waals surface area contributed by atoms with Gasteiger partial charge in [0.05, 0.1) is 0 Å². The van der Waals surface area contributed by atoms with Crippen LogP contribution < -0.4 is 4.74 Å². The van der Waals surface area contributed by atoms with Gasteiger partial charge < -0.3 is 4.74 Å². The first-order chi connectivity index (χ1) is 14.5. The zero-order chi connectivity index (χ0) is 22.7. The van der Waals surface area contributed by atoms with Gasteiger partial charge in [-0.15, -0.1) is 0 Å². The van der Waals surface area contributed by atoms with Gasteiger partial charge in [-0.05, 0) is 108 Å². The molecule has 2 heteroatoms. The first-order valence-electron chi connectivity index (χ1n) is 12.7. The van der Waals surface area contributed by atoms with E-state index in [1.54, 1.807) is 0 Å². The molecule has 1 aromatic rings. The molecule has 1 aliphatic heterocycles. The van der Waals surface area contributed by atoms with Crippen molar-refractivity contribution in [1.29, 1.82) is 0 Å². The summed E-state index contributed by atoms with van der Waals surface area (Å²) in [5.41, 5.74) is 3.48. The number of ether oxygens (including phenoxy) is 1. The Bertz CT molecular complexity index is 717. The summed E-state index contributed by atoms with van der Waals surface area (Å²) in [6.07, 6.45) is 13.8. The quantitative estimate of drug-likeness (QED) is 0.429. The summed E-state index contributed by atoms with van der Waals surface area (Å²) in [7, 11) is 0. The second-order valence-electron chi connectivity index (χ2n) is 12.2. The normalized spacial score (nSPS) is 21.0. The van der Waals surface area contributed by atoms with Crippen molar-refractivity contribution < 1.29 is 4.74 Å². The van der Waals surface area contributed by atoms with Gasteiger partial charge in [-0.1, -0.05) is 56.9 Å². The first kappa shape index (κ1) is 24.4.